The highest BCUT2D eigenvalue weighted by molar-refractivity contribution is 6.03. The fourth-order valence-electron chi connectivity index (χ4n) is 2.64. The summed E-state index contributed by atoms with van der Waals surface area (Å²) in [5, 5.41) is 43.5. The summed E-state index contributed by atoms with van der Waals surface area (Å²) in [6.45, 7) is 0.663. The van der Waals surface area contributed by atoms with Gasteiger partial charge >= 0.3 is 17.9 Å². The normalized spacial score (nSPS) is 19.4. The molecule has 1 fully saturated rings. The Balaban J connectivity index is 0.000000271. The van der Waals surface area contributed by atoms with Gasteiger partial charge in [-0.1, -0.05) is 0 Å². The number of benzene rings is 1. The van der Waals surface area contributed by atoms with Gasteiger partial charge in [0.25, 0.3) is 0 Å². The van der Waals surface area contributed by atoms with Crippen LogP contribution >= 0.6 is 0 Å². The minimum Gasteiger partial charge on any atom is -0.478 e. The quantitative estimate of drug-likeness (QED) is 0.534. The molecule has 0 spiro atoms. The third-order valence-corrected chi connectivity index (χ3v) is 4.21. The molecule has 8 nitrogen and oxygen atoms in total. The van der Waals surface area contributed by atoms with Crippen LogP contribution in [-0.2, 0) is 0 Å². The second kappa shape index (κ2) is 9.75. The zero-order valence-electron chi connectivity index (χ0n) is 13.6. The first kappa shape index (κ1) is 20.6. The molecule has 138 valence electrons. The molecule has 25 heavy (non-hydrogen) atoms. The lowest BCUT2D eigenvalue weighted by Crippen LogP contribution is -2.19. The molecule has 0 radical (unpaired) electrons. The fourth-order valence-corrected chi connectivity index (χ4v) is 2.64. The third kappa shape index (κ3) is 6.17. The van der Waals surface area contributed by atoms with Crippen LogP contribution in [0.3, 0.4) is 0 Å². The van der Waals surface area contributed by atoms with Gasteiger partial charge in [0.2, 0.25) is 0 Å². The summed E-state index contributed by atoms with van der Waals surface area (Å²) >= 11 is 0. The van der Waals surface area contributed by atoms with Gasteiger partial charge in [-0.25, -0.2) is 14.4 Å². The van der Waals surface area contributed by atoms with E-state index in [1.165, 1.54) is 0 Å². The van der Waals surface area contributed by atoms with Crippen molar-refractivity contribution in [2.45, 2.75) is 25.7 Å². The van der Waals surface area contributed by atoms with Crippen LogP contribution in [0.2, 0.25) is 0 Å². The fraction of sp³-hybridized carbons (Fsp3) is 0.471. The Labute approximate surface area is 144 Å². The van der Waals surface area contributed by atoms with Crippen LogP contribution in [0.5, 0.6) is 0 Å². The average molecular weight is 354 g/mol. The molecule has 0 unspecified atom stereocenters. The molecule has 0 bridgehead atoms. The van der Waals surface area contributed by atoms with E-state index in [-0.39, 0.29) is 5.56 Å². The van der Waals surface area contributed by atoms with E-state index in [2.05, 4.69) is 0 Å². The number of carboxylic acid groups (broad SMARTS) is 3. The van der Waals surface area contributed by atoms with E-state index in [1.54, 1.807) is 0 Å². The third-order valence-electron chi connectivity index (χ3n) is 4.21. The van der Waals surface area contributed by atoms with Gasteiger partial charge in [0.15, 0.2) is 0 Å². The Bertz CT molecular complexity index is 605. The van der Waals surface area contributed by atoms with Gasteiger partial charge in [-0.05, 0) is 55.7 Å². The maximum atomic E-state index is 10.6. The van der Waals surface area contributed by atoms with Crippen LogP contribution < -0.4 is 0 Å². The summed E-state index contributed by atoms with van der Waals surface area (Å²) < 4.78 is 0. The summed E-state index contributed by atoms with van der Waals surface area (Å²) in [7, 11) is 0. The van der Waals surface area contributed by atoms with Crippen LogP contribution in [0.25, 0.3) is 0 Å². The number of carbonyl (C=O) groups is 3. The molecular weight excluding hydrogens is 332 g/mol. The van der Waals surface area contributed by atoms with Crippen LogP contribution in [0.15, 0.2) is 18.2 Å². The summed E-state index contributed by atoms with van der Waals surface area (Å²) in [6.07, 6.45) is 4.40. The summed E-state index contributed by atoms with van der Waals surface area (Å²) in [6, 6.07) is 2.81. The molecule has 0 atom stereocenters. The largest absolute Gasteiger partial charge is 0.478 e. The van der Waals surface area contributed by atoms with Crippen molar-refractivity contribution in [3.8, 4) is 0 Å². The molecule has 0 aromatic heterocycles. The van der Waals surface area contributed by atoms with Gasteiger partial charge in [-0.3, -0.25) is 0 Å². The molecule has 2 rings (SSSR count). The molecule has 5 N–H and O–H groups in total. The van der Waals surface area contributed by atoms with Crippen LogP contribution in [0.4, 0.5) is 0 Å². The first-order valence-electron chi connectivity index (χ1n) is 7.85. The van der Waals surface area contributed by atoms with E-state index in [0.29, 0.717) is 25.0 Å². The van der Waals surface area contributed by atoms with E-state index in [0.717, 1.165) is 43.9 Å². The molecule has 1 aromatic rings. The molecule has 0 aliphatic heterocycles. The minimum absolute atomic E-state index is 0.266. The molecule has 0 amide bonds. The van der Waals surface area contributed by atoms with Crippen molar-refractivity contribution in [1.82, 2.24) is 0 Å². The van der Waals surface area contributed by atoms with Crippen LogP contribution in [-0.4, -0.2) is 56.7 Å². The van der Waals surface area contributed by atoms with E-state index in [1.807, 2.05) is 0 Å². The topological polar surface area (TPSA) is 152 Å². The van der Waals surface area contributed by atoms with E-state index in [9.17, 15) is 14.4 Å². The first-order valence-corrected chi connectivity index (χ1v) is 7.85. The van der Waals surface area contributed by atoms with E-state index >= 15 is 0 Å². The van der Waals surface area contributed by atoms with E-state index in [4.69, 9.17) is 25.5 Å². The molecule has 0 saturated heterocycles. The maximum Gasteiger partial charge on any atom is 0.336 e. The van der Waals surface area contributed by atoms with Crippen molar-refractivity contribution in [3.05, 3.63) is 34.9 Å². The second-order valence-electron chi connectivity index (χ2n) is 5.93. The van der Waals surface area contributed by atoms with Gasteiger partial charge in [0.05, 0.1) is 16.7 Å². The van der Waals surface area contributed by atoms with E-state index < -0.39 is 29.0 Å². The zero-order chi connectivity index (χ0) is 19.0. The first-order chi connectivity index (χ1) is 11.8. The minimum atomic E-state index is -1.48. The number of aromatic carboxylic acids is 3. The molecule has 1 aliphatic rings. The van der Waals surface area contributed by atoms with Gasteiger partial charge in [0, 0.05) is 13.2 Å². The lowest BCUT2D eigenvalue weighted by molar-refractivity contribution is 0.0649. The lowest BCUT2D eigenvalue weighted by atomic mass is 9.83. The number of rotatable bonds is 5. The Morgan fingerprint density at radius 3 is 1.52 bits per heavy atom. The molecule has 8 heteroatoms. The van der Waals surface area contributed by atoms with Gasteiger partial charge in [-0.15, -0.1) is 0 Å². The number of carboxylic acids is 3. The highest BCUT2D eigenvalue weighted by Gasteiger charge is 2.19. The van der Waals surface area contributed by atoms with Gasteiger partial charge < -0.3 is 25.5 Å². The zero-order valence-corrected chi connectivity index (χ0v) is 13.6. The molecule has 1 aromatic carbocycles. The van der Waals surface area contributed by atoms with Crippen molar-refractivity contribution in [2.75, 3.05) is 13.2 Å². The van der Waals surface area contributed by atoms with Crippen molar-refractivity contribution < 1.29 is 39.9 Å². The highest BCUT2D eigenvalue weighted by atomic mass is 16.4. The van der Waals surface area contributed by atoms with Crippen molar-refractivity contribution in [2.24, 2.45) is 11.8 Å². The van der Waals surface area contributed by atoms with Crippen molar-refractivity contribution >= 4 is 17.9 Å². The number of aliphatic hydroxyl groups excluding tert-OH is 2. The Morgan fingerprint density at radius 1 is 0.760 bits per heavy atom. The predicted molar refractivity (Wildman–Crippen MR) is 86.9 cm³/mol. The summed E-state index contributed by atoms with van der Waals surface area (Å²) in [4.78, 5) is 31.8. The number of aliphatic hydroxyl groups is 2. The number of hydrogen-bond acceptors (Lipinski definition) is 5. The number of hydrogen-bond donors (Lipinski definition) is 5. The summed E-state index contributed by atoms with van der Waals surface area (Å²) in [5.74, 6) is -3.17. The van der Waals surface area contributed by atoms with Crippen LogP contribution in [0.1, 0.15) is 56.8 Å². The van der Waals surface area contributed by atoms with Crippen LogP contribution in [0, 0.1) is 11.8 Å². The standard InChI is InChI=1S/C9H6O6.C8H16O2/c10-7(11)4-1-2-5(8(12)13)6(3-4)9(14)15;9-5-7-1-2-8(6-10)4-3-7/h1-3H,(H,10,11)(H,12,13)(H,14,15);7-10H,1-6H2. The van der Waals surface area contributed by atoms with Crippen molar-refractivity contribution in [1.29, 1.82) is 0 Å². The molecule has 1 aliphatic carbocycles. The molecular formula is C17H22O8. The lowest BCUT2D eigenvalue weighted by Gasteiger charge is -2.25. The highest BCUT2D eigenvalue weighted by Crippen LogP contribution is 2.27. The smallest absolute Gasteiger partial charge is 0.336 e. The Morgan fingerprint density at radius 2 is 1.20 bits per heavy atom. The average Bonchev–Trinajstić information content (AvgIpc) is 2.61. The van der Waals surface area contributed by atoms with Crippen molar-refractivity contribution in [3.63, 3.8) is 0 Å². The Hall–Kier alpha value is -2.45. The molecule has 0 heterocycles. The second-order valence-corrected chi connectivity index (χ2v) is 5.93. The SMILES string of the molecule is O=C(O)c1ccc(C(=O)O)c(C(=O)O)c1.OCC1CCC(CO)CC1. The monoisotopic (exact) mass is 354 g/mol. The van der Waals surface area contributed by atoms with Gasteiger partial charge in [0.1, 0.15) is 0 Å². The Kier molecular flexibility index (Phi) is 8.03. The maximum absolute atomic E-state index is 10.6. The summed E-state index contributed by atoms with van der Waals surface area (Å²) in [5.41, 5.74) is -1.24. The van der Waals surface area contributed by atoms with Gasteiger partial charge in [-0.2, -0.15) is 0 Å². The predicted octanol–water partition coefficient (Wildman–Crippen LogP) is 1.56. The molecule has 1 saturated carbocycles.